The number of epoxide rings is 1. The van der Waals surface area contributed by atoms with Crippen molar-refractivity contribution in [2.75, 3.05) is 46.2 Å². The molecule has 262 valence electrons. The molecule has 0 amide bonds. The zero-order chi connectivity index (χ0) is 32.8. The highest BCUT2D eigenvalue weighted by Gasteiger charge is 2.46. The number of hydrogen-bond donors (Lipinski definition) is 0. The van der Waals surface area contributed by atoms with Crippen LogP contribution in [0.5, 0.6) is 0 Å². The van der Waals surface area contributed by atoms with Crippen molar-refractivity contribution in [3.05, 3.63) is 0 Å². The number of hydrogen-bond acceptors (Lipinski definition) is 8. The van der Waals surface area contributed by atoms with Crippen LogP contribution in [-0.2, 0) is 38.0 Å². The lowest BCUT2D eigenvalue weighted by Gasteiger charge is -2.33. The number of carbonyl (C=O) groups excluding carboxylic acids is 2. The smallest absolute Gasteiger partial charge is 0.309 e. The van der Waals surface area contributed by atoms with Gasteiger partial charge in [-0.1, -0.05) is 47.5 Å². The molecule has 0 aromatic carbocycles. The van der Waals surface area contributed by atoms with Gasteiger partial charge in [0.05, 0.1) is 50.0 Å². The van der Waals surface area contributed by atoms with Crippen LogP contribution in [0.25, 0.3) is 0 Å². The van der Waals surface area contributed by atoms with Crippen molar-refractivity contribution in [2.45, 2.75) is 137 Å². The van der Waals surface area contributed by atoms with Crippen molar-refractivity contribution in [1.82, 2.24) is 0 Å². The largest absolute Gasteiger partial charge is 0.465 e. The summed E-state index contributed by atoms with van der Waals surface area (Å²) in [5.41, 5.74) is 0.198. The molecule has 0 bridgehead atoms. The molecule has 45 heavy (non-hydrogen) atoms. The molecule has 0 aromatic rings. The molecule has 9 unspecified atom stereocenters. The molecular weight excluding hydrogens is 572 g/mol. The monoisotopic (exact) mass is 638 g/mol. The van der Waals surface area contributed by atoms with Gasteiger partial charge in [0.25, 0.3) is 0 Å². The molecule has 4 rings (SSSR count). The number of fused-ring (bicyclic) bond motifs is 1. The topological polar surface area (TPSA) is 92.8 Å². The molecule has 4 fully saturated rings. The summed E-state index contributed by atoms with van der Waals surface area (Å²) in [6.07, 6.45) is 12.2. The van der Waals surface area contributed by atoms with E-state index in [2.05, 4.69) is 34.6 Å². The van der Waals surface area contributed by atoms with E-state index in [1.807, 2.05) is 13.8 Å². The molecule has 2 saturated heterocycles. The van der Waals surface area contributed by atoms with Gasteiger partial charge in [-0.15, -0.1) is 0 Å². The normalized spacial score (nSPS) is 32.6. The summed E-state index contributed by atoms with van der Waals surface area (Å²) in [6.45, 7) is 20.3. The second kappa shape index (κ2) is 19.6. The summed E-state index contributed by atoms with van der Waals surface area (Å²) in [5, 5.41) is 0. The van der Waals surface area contributed by atoms with Gasteiger partial charge < -0.3 is 28.4 Å². The van der Waals surface area contributed by atoms with Crippen molar-refractivity contribution in [3.63, 3.8) is 0 Å². The molecule has 2 heterocycles. The zero-order valence-corrected chi connectivity index (χ0v) is 29.7. The van der Waals surface area contributed by atoms with E-state index in [0.29, 0.717) is 45.2 Å². The number of esters is 2. The van der Waals surface area contributed by atoms with Gasteiger partial charge in [0.1, 0.15) is 0 Å². The molecule has 8 heteroatoms. The summed E-state index contributed by atoms with van der Waals surface area (Å²) in [6, 6.07) is 0. The highest BCUT2D eigenvalue weighted by molar-refractivity contribution is 5.73. The van der Waals surface area contributed by atoms with Crippen molar-refractivity contribution in [3.8, 4) is 0 Å². The van der Waals surface area contributed by atoms with Crippen LogP contribution in [0.4, 0.5) is 0 Å². The Balaban J connectivity index is 0.000000289. The van der Waals surface area contributed by atoms with Crippen LogP contribution in [-0.4, -0.2) is 76.5 Å². The number of rotatable bonds is 17. The summed E-state index contributed by atoms with van der Waals surface area (Å²) in [7, 11) is 0. The number of ether oxygens (including phenoxy) is 6. The van der Waals surface area contributed by atoms with Gasteiger partial charge >= 0.3 is 11.9 Å². The maximum Gasteiger partial charge on any atom is 0.309 e. The highest BCUT2D eigenvalue weighted by atomic mass is 16.6. The summed E-state index contributed by atoms with van der Waals surface area (Å²) in [5.74, 6) is 3.35. The Kier molecular flexibility index (Phi) is 16.6. The Labute approximate surface area is 274 Å². The molecule has 9 atom stereocenters. The molecule has 0 N–H and O–H groups in total. The lowest BCUT2D eigenvalue weighted by Crippen LogP contribution is -2.30. The van der Waals surface area contributed by atoms with E-state index in [0.717, 1.165) is 81.8 Å². The van der Waals surface area contributed by atoms with Gasteiger partial charge in [-0.25, -0.2) is 0 Å². The predicted molar refractivity (Wildman–Crippen MR) is 176 cm³/mol. The summed E-state index contributed by atoms with van der Waals surface area (Å²) >= 11 is 0. The first kappa shape index (κ1) is 38.2. The molecule has 0 radical (unpaired) electrons. The molecule has 8 nitrogen and oxygen atoms in total. The van der Waals surface area contributed by atoms with E-state index in [9.17, 15) is 9.59 Å². The predicted octanol–water partition coefficient (Wildman–Crippen LogP) is 7.40. The standard InChI is InChI=1S/C25H46O4.C12H20O4/c1-7-9-22-18(2)14-19(3)23(22)16-25(5,6)17-27-11-8-12-29-24(26)21-10-13-28-20(4)15-21;1-2-14-6-3-7-15-12(13)9-4-5-10-11(8-9)16-10/h18-23H,7-17H2,1-6H3;9-11H,2-8H2,1H3. The van der Waals surface area contributed by atoms with E-state index in [4.69, 9.17) is 28.4 Å². The molecule has 0 aromatic heterocycles. The first-order valence-corrected chi connectivity index (χ1v) is 18.3. The Morgan fingerprint density at radius 3 is 2.02 bits per heavy atom. The lowest BCUT2D eigenvalue weighted by molar-refractivity contribution is -0.154. The molecule has 4 aliphatic rings. The van der Waals surface area contributed by atoms with Gasteiger partial charge in [-0.05, 0) is 87.9 Å². The molecule has 2 aliphatic carbocycles. The van der Waals surface area contributed by atoms with Crippen LogP contribution in [0.1, 0.15) is 119 Å². The van der Waals surface area contributed by atoms with Crippen LogP contribution < -0.4 is 0 Å². The van der Waals surface area contributed by atoms with Crippen LogP contribution in [0.3, 0.4) is 0 Å². The van der Waals surface area contributed by atoms with Crippen molar-refractivity contribution >= 4 is 11.9 Å². The fourth-order valence-electron chi connectivity index (χ4n) is 7.89. The second-order valence-corrected chi connectivity index (χ2v) is 15.1. The average molecular weight is 639 g/mol. The Morgan fingerprint density at radius 1 is 0.756 bits per heavy atom. The SMILES string of the molecule is CCCC1C(C)CC(C)C1CC(C)(C)COCCCOC(=O)C1CCOC(C)C1.CCOCCCOC(=O)C1CCC2OC2C1. The maximum absolute atomic E-state index is 12.2. The quantitative estimate of drug-likeness (QED) is 0.0925. The molecule has 0 spiro atoms. The van der Waals surface area contributed by atoms with Gasteiger partial charge in [-0.2, -0.15) is 0 Å². The van der Waals surface area contributed by atoms with E-state index in [1.165, 1.54) is 25.7 Å². The van der Waals surface area contributed by atoms with E-state index in [-0.39, 0.29) is 35.3 Å². The van der Waals surface area contributed by atoms with Crippen LogP contribution >= 0.6 is 0 Å². The van der Waals surface area contributed by atoms with Crippen molar-refractivity contribution in [1.29, 1.82) is 0 Å². The minimum Gasteiger partial charge on any atom is -0.465 e. The highest BCUT2D eigenvalue weighted by Crippen LogP contribution is 2.48. The summed E-state index contributed by atoms with van der Waals surface area (Å²) in [4.78, 5) is 23.8. The second-order valence-electron chi connectivity index (χ2n) is 15.1. The Morgan fingerprint density at radius 2 is 1.40 bits per heavy atom. The van der Waals surface area contributed by atoms with E-state index < -0.39 is 0 Å². The third-order valence-electron chi connectivity index (χ3n) is 10.4. The first-order valence-electron chi connectivity index (χ1n) is 18.3. The van der Waals surface area contributed by atoms with Crippen LogP contribution in [0.15, 0.2) is 0 Å². The number of carbonyl (C=O) groups is 2. The van der Waals surface area contributed by atoms with Gasteiger partial charge in [0, 0.05) is 39.3 Å². The minimum absolute atomic E-state index is 0.00506. The molecule has 2 saturated carbocycles. The molecular formula is C37H66O8. The molecule has 2 aliphatic heterocycles. The lowest BCUT2D eigenvalue weighted by atomic mass is 9.74. The Bertz CT molecular complexity index is 861. The van der Waals surface area contributed by atoms with E-state index in [1.54, 1.807) is 0 Å². The van der Waals surface area contributed by atoms with Crippen molar-refractivity contribution in [2.24, 2.45) is 40.9 Å². The Hall–Kier alpha value is -1.22. The zero-order valence-electron chi connectivity index (χ0n) is 29.7. The third-order valence-corrected chi connectivity index (χ3v) is 10.4. The van der Waals surface area contributed by atoms with Gasteiger partial charge in [-0.3, -0.25) is 9.59 Å². The third kappa shape index (κ3) is 13.4. The first-order chi connectivity index (χ1) is 21.5. The fourth-order valence-corrected chi connectivity index (χ4v) is 7.89. The van der Waals surface area contributed by atoms with Gasteiger partial charge in [0.2, 0.25) is 0 Å². The van der Waals surface area contributed by atoms with Crippen molar-refractivity contribution < 1.29 is 38.0 Å². The fraction of sp³-hybridized carbons (Fsp3) is 0.946. The van der Waals surface area contributed by atoms with Crippen LogP contribution in [0.2, 0.25) is 0 Å². The van der Waals surface area contributed by atoms with Gasteiger partial charge in [0.15, 0.2) is 0 Å². The van der Waals surface area contributed by atoms with Crippen LogP contribution in [0, 0.1) is 40.9 Å². The van der Waals surface area contributed by atoms with E-state index >= 15 is 0 Å². The average Bonchev–Trinajstić information content (AvgIpc) is 3.74. The maximum atomic E-state index is 12.2. The summed E-state index contributed by atoms with van der Waals surface area (Å²) < 4.78 is 32.7. The minimum atomic E-state index is -0.0632.